The smallest absolute Gasteiger partial charge is 0.312 e. The Balaban J connectivity index is 2.44. The molecule has 0 bridgehead atoms. The minimum Gasteiger partial charge on any atom is -0.462 e. The molecule has 3 aliphatic rings. The van der Waals surface area contributed by atoms with Crippen molar-refractivity contribution in [1.29, 1.82) is 0 Å². The third-order valence-corrected chi connectivity index (χ3v) is 8.83. The largest absolute Gasteiger partial charge is 0.462 e. The second kappa shape index (κ2) is 11.5. The Hall–Kier alpha value is -2.99. The molecule has 40 heavy (non-hydrogen) atoms. The number of carbonyl (C=O) groups excluding carboxylic acids is 5. The van der Waals surface area contributed by atoms with Crippen molar-refractivity contribution in [2.24, 2.45) is 23.2 Å². The first-order chi connectivity index (χ1) is 18.4. The molecule has 0 aromatic carbocycles. The molecule has 12 nitrogen and oxygen atoms in total. The lowest BCUT2D eigenvalue weighted by molar-refractivity contribution is -0.252. The van der Waals surface area contributed by atoms with E-state index >= 15 is 0 Å². The number of esters is 5. The molecular weight excluding hydrogens is 528 g/mol. The zero-order valence-electron chi connectivity index (χ0n) is 24.2. The Morgan fingerprint density at radius 2 is 1.40 bits per heavy atom. The second-order valence-corrected chi connectivity index (χ2v) is 11.5. The number of rotatable bonds is 4. The third kappa shape index (κ3) is 5.60. The normalized spacial score (nSPS) is 42.6. The first-order valence-corrected chi connectivity index (χ1v) is 13.4. The number of fused-ring (bicyclic) bond motifs is 2. The zero-order chi connectivity index (χ0) is 30.3. The van der Waals surface area contributed by atoms with Crippen LogP contribution in [0.1, 0.15) is 68.2 Å². The van der Waals surface area contributed by atoms with E-state index in [-0.39, 0.29) is 12.8 Å². The fourth-order valence-corrected chi connectivity index (χ4v) is 6.77. The van der Waals surface area contributed by atoms with Crippen molar-refractivity contribution in [3.05, 3.63) is 11.6 Å². The highest BCUT2D eigenvalue weighted by Gasteiger charge is 2.69. The number of hydrogen-bond acceptors (Lipinski definition) is 12. The van der Waals surface area contributed by atoms with Gasteiger partial charge in [-0.2, -0.15) is 0 Å². The summed E-state index contributed by atoms with van der Waals surface area (Å²) in [4.78, 5) is 62.3. The van der Waals surface area contributed by atoms with E-state index in [9.17, 15) is 34.2 Å². The van der Waals surface area contributed by atoms with Crippen LogP contribution in [0.3, 0.4) is 0 Å². The summed E-state index contributed by atoms with van der Waals surface area (Å²) >= 11 is 0. The lowest BCUT2D eigenvalue weighted by Crippen LogP contribution is -2.69. The number of aliphatic hydroxyl groups is 2. The highest BCUT2D eigenvalue weighted by molar-refractivity contribution is 5.78. The molecule has 2 fully saturated rings. The van der Waals surface area contributed by atoms with Gasteiger partial charge in [0.15, 0.2) is 11.7 Å². The Morgan fingerprint density at radius 1 is 0.900 bits per heavy atom. The molecule has 1 heterocycles. The van der Waals surface area contributed by atoms with Gasteiger partial charge in [0, 0.05) is 51.9 Å². The third-order valence-electron chi connectivity index (χ3n) is 8.83. The maximum Gasteiger partial charge on any atom is 0.312 e. The summed E-state index contributed by atoms with van der Waals surface area (Å²) in [6, 6.07) is 0. The van der Waals surface area contributed by atoms with Gasteiger partial charge in [0.25, 0.3) is 0 Å². The van der Waals surface area contributed by atoms with Crippen LogP contribution in [0, 0.1) is 23.2 Å². The maximum absolute atomic E-state index is 12.9. The van der Waals surface area contributed by atoms with E-state index < -0.39 is 95.2 Å². The summed E-state index contributed by atoms with van der Waals surface area (Å²) in [5.74, 6) is -6.51. The molecule has 11 atom stereocenters. The number of aliphatic hydroxyl groups excluding tert-OH is 1. The van der Waals surface area contributed by atoms with Crippen LogP contribution in [-0.4, -0.2) is 82.3 Å². The maximum atomic E-state index is 12.9. The van der Waals surface area contributed by atoms with Crippen LogP contribution < -0.4 is 0 Å². The Labute approximate surface area is 233 Å². The quantitative estimate of drug-likeness (QED) is 0.284. The summed E-state index contributed by atoms with van der Waals surface area (Å²) in [7, 11) is 0. The van der Waals surface area contributed by atoms with Gasteiger partial charge in [-0.25, -0.2) is 0 Å². The molecule has 224 valence electrons. The topological polar surface area (TPSA) is 172 Å². The van der Waals surface area contributed by atoms with Crippen molar-refractivity contribution in [2.75, 3.05) is 0 Å². The summed E-state index contributed by atoms with van der Waals surface area (Å²) in [6.45, 7) is 11.1. The van der Waals surface area contributed by atoms with Crippen LogP contribution in [-0.2, 0) is 47.7 Å². The molecule has 0 spiro atoms. The van der Waals surface area contributed by atoms with Crippen LogP contribution >= 0.6 is 0 Å². The van der Waals surface area contributed by atoms with Gasteiger partial charge in [-0.05, 0) is 31.4 Å². The number of ether oxygens (including phenoxy) is 5. The molecule has 0 amide bonds. The number of hydrogen-bond donors (Lipinski definition) is 2. The molecule has 0 radical (unpaired) electrons. The average molecular weight is 569 g/mol. The molecule has 1 saturated heterocycles. The van der Waals surface area contributed by atoms with Gasteiger partial charge in [0.2, 0.25) is 0 Å². The van der Waals surface area contributed by atoms with Crippen LogP contribution in [0.4, 0.5) is 0 Å². The van der Waals surface area contributed by atoms with Gasteiger partial charge in [0.05, 0.1) is 12.0 Å². The second-order valence-electron chi connectivity index (χ2n) is 11.5. The molecular formula is C28H40O12. The minimum absolute atomic E-state index is 0.0573. The van der Waals surface area contributed by atoms with E-state index in [0.717, 1.165) is 6.92 Å². The van der Waals surface area contributed by atoms with Gasteiger partial charge in [-0.15, -0.1) is 0 Å². The fraction of sp³-hybridized carbons (Fsp3) is 0.750. The fourth-order valence-electron chi connectivity index (χ4n) is 6.77. The number of carbonyl (C=O) groups is 5. The molecule has 2 aliphatic carbocycles. The van der Waals surface area contributed by atoms with Crippen molar-refractivity contribution in [3.63, 3.8) is 0 Å². The Kier molecular flexibility index (Phi) is 9.05. The Morgan fingerprint density at radius 3 is 1.90 bits per heavy atom. The summed E-state index contributed by atoms with van der Waals surface area (Å²) in [5.41, 5.74) is -3.21. The van der Waals surface area contributed by atoms with Gasteiger partial charge in [-0.3, -0.25) is 24.0 Å². The van der Waals surface area contributed by atoms with Crippen LogP contribution in [0.15, 0.2) is 11.6 Å². The minimum atomic E-state index is -2.17. The van der Waals surface area contributed by atoms with Gasteiger partial charge < -0.3 is 33.9 Å². The summed E-state index contributed by atoms with van der Waals surface area (Å²) in [6.07, 6.45) is -5.86. The molecule has 1 aliphatic heterocycles. The van der Waals surface area contributed by atoms with Crippen LogP contribution in [0.2, 0.25) is 0 Å². The Bertz CT molecular complexity index is 1080. The van der Waals surface area contributed by atoms with E-state index in [1.807, 2.05) is 0 Å². The van der Waals surface area contributed by atoms with Crippen molar-refractivity contribution in [2.45, 2.75) is 110 Å². The molecule has 0 aromatic heterocycles. The van der Waals surface area contributed by atoms with Gasteiger partial charge in [-0.1, -0.05) is 13.8 Å². The molecule has 5 unspecified atom stereocenters. The van der Waals surface area contributed by atoms with E-state index in [2.05, 4.69) is 0 Å². The molecule has 2 N–H and O–H groups in total. The standard InChI is InChI=1S/C28H40O12/c1-12-9-23-28(35,14(3)26(34)40-23)25(39-18(7)32)24-13(2)19(33)10-21(37-16(5)30)27(24,8)22(38-17(6)31)11-20(12)36-15(4)29/h9,13-14,19-25,33,35H,10-11H2,1-8H3/b12-9-/t13-,14?,19-,20+,21?,22+,23?,24?,25+,27+,28?/m0/s1. The van der Waals surface area contributed by atoms with Crippen LogP contribution in [0.25, 0.3) is 0 Å². The summed E-state index contributed by atoms with van der Waals surface area (Å²) in [5, 5.41) is 23.6. The van der Waals surface area contributed by atoms with E-state index in [1.165, 1.54) is 33.8 Å². The van der Waals surface area contributed by atoms with Crippen molar-refractivity contribution in [3.8, 4) is 0 Å². The molecule has 3 rings (SSSR count). The van der Waals surface area contributed by atoms with Crippen molar-refractivity contribution >= 4 is 29.8 Å². The first-order valence-electron chi connectivity index (χ1n) is 13.4. The lowest BCUT2D eigenvalue weighted by atomic mass is 9.52. The van der Waals surface area contributed by atoms with Crippen molar-refractivity contribution < 1.29 is 57.9 Å². The highest BCUT2D eigenvalue weighted by Crippen LogP contribution is 2.56. The van der Waals surface area contributed by atoms with Gasteiger partial charge in [0.1, 0.15) is 24.4 Å². The molecule has 1 saturated carbocycles. The molecule has 0 aromatic rings. The molecule has 12 heteroatoms. The van der Waals surface area contributed by atoms with E-state index in [4.69, 9.17) is 23.7 Å². The predicted molar refractivity (Wildman–Crippen MR) is 136 cm³/mol. The lowest BCUT2D eigenvalue weighted by Gasteiger charge is -2.58. The SMILES string of the molecule is CC(=O)OC1C[C@H](O)[C@H](C)C2[C@@H](OC(C)=O)C3(O)C(/C=C(/C)[C@H](OC(C)=O)C[C@@H](OC(C)=O)[C@@]12C)OC(=O)C3C. The highest BCUT2D eigenvalue weighted by atomic mass is 16.6. The van der Waals surface area contributed by atoms with E-state index in [0.29, 0.717) is 5.57 Å². The van der Waals surface area contributed by atoms with E-state index in [1.54, 1.807) is 20.8 Å². The van der Waals surface area contributed by atoms with Crippen LogP contribution in [0.5, 0.6) is 0 Å². The average Bonchev–Trinajstić information content (AvgIpc) is 3.03. The monoisotopic (exact) mass is 568 g/mol. The first kappa shape index (κ1) is 31.5. The van der Waals surface area contributed by atoms with Crippen molar-refractivity contribution in [1.82, 2.24) is 0 Å². The van der Waals surface area contributed by atoms with Gasteiger partial charge >= 0.3 is 29.8 Å². The zero-order valence-corrected chi connectivity index (χ0v) is 24.2. The predicted octanol–water partition coefficient (Wildman–Crippen LogP) is 1.38. The summed E-state index contributed by atoms with van der Waals surface area (Å²) < 4.78 is 28.6.